The van der Waals surface area contributed by atoms with Crippen LogP contribution in [0, 0.1) is 5.92 Å². The lowest BCUT2D eigenvalue weighted by atomic mass is 9.95. The van der Waals surface area contributed by atoms with Crippen molar-refractivity contribution in [2.24, 2.45) is 5.92 Å². The molecule has 1 aromatic carbocycles. The summed E-state index contributed by atoms with van der Waals surface area (Å²) in [6.45, 7) is 2.37. The van der Waals surface area contributed by atoms with Gasteiger partial charge in [0.2, 0.25) is 5.91 Å². The molecular weight excluding hydrogens is 324 g/mol. The third-order valence-electron chi connectivity index (χ3n) is 4.60. The fourth-order valence-electron chi connectivity index (χ4n) is 3.42. The topological polar surface area (TPSA) is 79.3 Å². The summed E-state index contributed by atoms with van der Waals surface area (Å²) in [5.41, 5.74) is 1.07. The Bertz CT molecular complexity index is 636. The van der Waals surface area contributed by atoms with Crippen LogP contribution in [-0.4, -0.2) is 79.3 Å². The molecule has 2 aliphatic heterocycles. The zero-order chi connectivity index (χ0) is 17.8. The second-order valence-electron chi connectivity index (χ2n) is 6.69. The quantitative estimate of drug-likeness (QED) is 0.834. The van der Waals surface area contributed by atoms with E-state index in [1.165, 1.54) is 0 Å². The molecule has 0 bridgehead atoms. The summed E-state index contributed by atoms with van der Waals surface area (Å²) in [7, 11) is 1.74. The molecule has 1 amide bonds. The van der Waals surface area contributed by atoms with E-state index in [1.807, 2.05) is 29.2 Å². The van der Waals surface area contributed by atoms with Gasteiger partial charge in [-0.15, -0.1) is 0 Å². The maximum atomic E-state index is 12.9. The van der Waals surface area contributed by atoms with Crippen LogP contribution in [0.25, 0.3) is 0 Å². The molecule has 1 N–H and O–H groups in total. The van der Waals surface area contributed by atoms with Crippen molar-refractivity contribution in [1.82, 2.24) is 9.80 Å². The molecule has 0 aliphatic carbocycles. The number of carboxylic acid groups (broad SMARTS) is 1. The standard InChI is InChI=1S/C18H24N2O5/c1-19(11-17(21)22)9-15-10-20(6-7-24-15)18(23)14-8-13-4-2-3-5-16(13)25-12-14/h2-5,14-15H,6-12H2,1H3,(H,21,22). The predicted molar refractivity (Wildman–Crippen MR) is 90.6 cm³/mol. The molecule has 0 radical (unpaired) electrons. The van der Waals surface area contributed by atoms with Gasteiger partial charge in [0.1, 0.15) is 12.4 Å². The van der Waals surface area contributed by atoms with E-state index in [4.69, 9.17) is 14.6 Å². The van der Waals surface area contributed by atoms with E-state index in [0.717, 1.165) is 11.3 Å². The Hall–Kier alpha value is -2.12. The molecule has 136 valence electrons. The molecule has 2 heterocycles. The zero-order valence-electron chi connectivity index (χ0n) is 14.4. The first-order valence-electron chi connectivity index (χ1n) is 8.54. The van der Waals surface area contributed by atoms with Gasteiger partial charge in [0.25, 0.3) is 0 Å². The van der Waals surface area contributed by atoms with Gasteiger partial charge in [-0.05, 0) is 25.1 Å². The lowest BCUT2D eigenvalue weighted by Gasteiger charge is -2.37. The van der Waals surface area contributed by atoms with Crippen LogP contribution in [0.1, 0.15) is 5.56 Å². The summed E-state index contributed by atoms with van der Waals surface area (Å²) in [6, 6.07) is 7.82. The van der Waals surface area contributed by atoms with E-state index in [9.17, 15) is 9.59 Å². The van der Waals surface area contributed by atoms with Crippen LogP contribution in [0.4, 0.5) is 0 Å². The molecule has 1 aromatic rings. The number of carboxylic acids is 1. The molecule has 7 nitrogen and oxygen atoms in total. The Balaban J connectivity index is 1.56. The molecule has 0 saturated carbocycles. The number of hydrogen-bond donors (Lipinski definition) is 1. The molecule has 1 saturated heterocycles. The number of hydrogen-bond acceptors (Lipinski definition) is 5. The number of aliphatic carboxylic acids is 1. The highest BCUT2D eigenvalue weighted by Gasteiger charge is 2.32. The van der Waals surface area contributed by atoms with Gasteiger partial charge < -0.3 is 19.5 Å². The average Bonchev–Trinajstić information content (AvgIpc) is 2.60. The molecule has 7 heteroatoms. The first-order valence-corrected chi connectivity index (χ1v) is 8.54. The molecule has 25 heavy (non-hydrogen) atoms. The first-order chi connectivity index (χ1) is 12.0. The van der Waals surface area contributed by atoms with Crippen LogP contribution in [-0.2, 0) is 20.7 Å². The zero-order valence-corrected chi connectivity index (χ0v) is 14.4. The number of para-hydroxylation sites is 1. The Morgan fingerprint density at radius 3 is 2.96 bits per heavy atom. The second kappa shape index (κ2) is 7.84. The smallest absolute Gasteiger partial charge is 0.317 e. The van der Waals surface area contributed by atoms with E-state index >= 15 is 0 Å². The highest BCUT2D eigenvalue weighted by molar-refractivity contribution is 5.80. The average molecular weight is 348 g/mol. The number of nitrogens with zero attached hydrogens (tertiary/aromatic N) is 2. The third-order valence-corrected chi connectivity index (χ3v) is 4.60. The lowest BCUT2D eigenvalue weighted by molar-refractivity contribution is -0.146. The molecule has 0 aromatic heterocycles. The number of benzene rings is 1. The molecule has 0 spiro atoms. The molecule has 3 rings (SSSR count). The summed E-state index contributed by atoms with van der Waals surface area (Å²) >= 11 is 0. The fourth-order valence-corrected chi connectivity index (χ4v) is 3.42. The highest BCUT2D eigenvalue weighted by atomic mass is 16.5. The number of morpholine rings is 1. The Kier molecular flexibility index (Phi) is 5.55. The van der Waals surface area contributed by atoms with Crippen molar-refractivity contribution in [3.8, 4) is 5.75 Å². The molecular formula is C18H24N2O5. The van der Waals surface area contributed by atoms with Crippen molar-refractivity contribution < 1.29 is 24.2 Å². The summed E-state index contributed by atoms with van der Waals surface area (Å²) < 4.78 is 11.4. The molecule has 2 aliphatic rings. The van der Waals surface area contributed by atoms with Crippen LogP contribution in [0.2, 0.25) is 0 Å². The van der Waals surface area contributed by atoms with Gasteiger partial charge in [-0.2, -0.15) is 0 Å². The normalized spacial score (nSPS) is 23.0. The van der Waals surface area contributed by atoms with Gasteiger partial charge in [-0.25, -0.2) is 0 Å². The fraction of sp³-hybridized carbons (Fsp3) is 0.556. The van der Waals surface area contributed by atoms with Crippen molar-refractivity contribution in [3.05, 3.63) is 29.8 Å². The minimum Gasteiger partial charge on any atom is -0.492 e. The molecule has 1 fully saturated rings. The van der Waals surface area contributed by atoms with Gasteiger partial charge in [0, 0.05) is 19.6 Å². The van der Waals surface area contributed by atoms with Crippen LogP contribution in [0.5, 0.6) is 5.75 Å². The number of carbonyl (C=O) groups excluding carboxylic acids is 1. The first kappa shape index (κ1) is 17.7. The van der Waals surface area contributed by atoms with Gasteiger partial charge in [-0.3, -0.25) is 14.5 Å². The number of likely N-dealkylation sites (N-methyl/N-ethyl adjacent to an activating group) is 1. The largest absolute Gasteiger partial charge is 0.492 e. The van der Waals surface area contributed by atoms with Crippen molar-refractivity contribution in [2.45, 2.75) is 12.5 Å². The summed E-state index contributed by atoms with van der Waals surface area (Å²) in [6.07, 6.45) is 0.523. The van der Waals surface area contributed by atoms with Gasteiger partial charge in [0.15, 0.2) is 0 Å². The summed E-state index contributed by atoms with van der Waals surface area (Å²) in [4.78, 5) is 27.1. The van der Waals surface area contributed by atoms with Crippen molar-refractivity contribution >= 4 is 11.9 Å². The van der Waals surface area contributed by atoms with Crippen molar-refractivity contribution in [1.29, 1.82) is 0 Å². The minimum atomic E-state index is -0.871. The second-order valence-corrected chi connectivity index (χ2v) is 6.69. The molecule has 2 atom stereocenters. The van der Waals surface area contributed by atoms with E-state index in [0.29, 0.717) is 39.3 Å². The van der Waals surface area contributed by atoms with Crippen molar-refractivity contribution in [3.63, 3.8) is 0 Å². The van der Waals surface area contributed by atoms with Crippen LogP contribution < -0.4 is 4.74 Å². The van der Waals surface area contributed by atoms with Crippen molar-refractivity contribution in [2.75, 3.05) is 46.4 Å². The number of rotatable bonds is 5. The maximum Gasteiger partial charge on any atom is 0.317 e. The number of amides is 1. The van der Waals surface area contributed by atoms with Gasteiger partial charge in [-0.1, -0.05) is 18.2 Å². The number of carbonyl (C=O) groups is 2. The Morgan fingerprint density at radius 1 is 1.36 bits per heavy atom. The van der Waals surface area contributed by atoms with Crippen LogP contribution >= 0.6 is 0 Å². The maximum absolute atomic E-state index is 12.9. The Morgan fingerprint density at radius 2 is 2.16 bits per heavy atom. The van der Waals surface area contributed by atoms with E-state index in [1.54, 1.807) is 11.9 Å². The van der Waals surface area contributed by atoms with E-state index in [-0.39, 0.29) is 24.5 Å². The summed E-state index contributed by atoms with van der Waals surface area (Å²) in [5, 5.41) is 8.84. The highest BCUT2D eigenvalue weighted by Crippen LogP contribution is 2.28. The monoisotopic (exact) mass is 348 g/mol. The van der Waals surface area contributed by atoms with Gasteiger partial charge >= 0.3 is 5.97 Å². The lowest BCUT2D eigenvalue weighted by Crippen LogP contribution is -2.52. The third kappa shape index (κ3) is 4.49. The van der Waals surface area contributed by atoms with Crippen LogP contribution in [0.15, 0.2) is 24.3 Å². The summed E-state index contributed by atoms with van der Waals surface area (Å²) in [5.74, 6) is -0.0972. The Labute approximate surface area is 147 Å². The number of fused-ring (bicyclic) bond motifs is 1. The molecule has 2 unspecified atom stereocenters. The van der Waals surface area contributed by atoms with E-state index < -0.39 is 5.97 Å². The number of ether oxygens (including phenoxy) is 2. The predicted octanol–water partition coefficient (Wildman–Crippen LogP) is 0.482. The van der Waals surface area contributed by atoms with Gasteiger partial charge in [0.05, 0.1) is 25.2 Å². The van der Waals surface area contributed by atoms with Crippen LogP contribution in [0.3, 0.4) is 0 Å². The van der Waals surface area contributed by atoms with E-state index in [2.05, 4.69) is 0 Å². The minimum absolute atomic E-state index is 0.0406. The SMILES string of the molecule is CN(CC(=O)O)CC1CN(C(=O)C2COc3ccccc3C2)CCO1.